The van der Waals surface area contributed by atoms with Crippen LogP contribution in [0.15, 0.2) is 23.1 Å². The van der Waals surface area contributed by atoms with E-state index in [4.69, 9.17) is 11.5 Å². The zero-order chi connectivity index (χ0) is 18.1. The summed E-state index contributed by atoms with van der Waals surface area (Å²) in [6.45, 7) is 5.78. The van der Waals surface area contributed by atoms with Crippen LogP contribution >= 0.6 is 0 Å². The van der Waals surface area contributed by atoms with Crippen molar-refractivity contribution in [2.75, 3.05) is 24.7 Å². The van der Waals surface area contributed by atoms with Crippen molar-refractivity contribution in [3.05, 3.63) is 18.2 Å². The van der Waals surface area contributed by atoms with Gasteiger partial charge in [-0.3, -0.25) is 0 Å². The first-order chi connectivity index (χ1) is 10.5. The second kappa shape index (κ2) is 6.64. The number of anilines is 2. The molecule has 6 N–H and O–H groups in total. The van der Waals surface area contributed by atoms with Gasteiger partial charge in [0.15, 0.2) is 0 Å². The molecule has 0 bridgehead atoms. The highest BCUT2D eigenvalue weighted by atomic mass is 32.2. The molecule has 132 valence electrons. The first-order valence-electron chi connectivity index (χ1n) is 7.38. The van der Waals surface area contributed by atoms with Crippen molar-refractivity contribution in [1.82, 2.24) is 4.31 Å². The minimum absolute atomic E-state index is 0.0642. The summed E-state index contributed by atoms with van der Waals surface area (Å²) in [7, 11) is -4.10. The van der Waals surface area contributed by atoms with Gasteiger partial charge < -0.3 is 21.7 Å². The van der Waals surface area contributed by atoms with Gasteiger partial charge in [-0.1, -0.05) is 6.92 Å². The van der Waals surface area contributed by atoms with Gasteiger partial charge in [0, 0.05) is 5.69 Å². The summed E-state index contributed by atoms with van der Waals surface area (Å²) >= 11 is 0. The Kier molecular flexibility index (Phi) is 5.69. The number of nitrogen functional groups attached to an aromatic ring is 2. The summed E-state index contributed by atoms with van der Waals surface area (Å²) in [4.78, 5) is -0.132. The highest BCUT2D eigenvalue weighted by molar-refractivity contribution is 7.89. The molecular formula is C15H27N3O4S. The average Bonchev–Trinajstić information content (AvgIpc) is 2.48. The summed E-state index contributed by atoms with van der Waals surface area (Å²) in [6, 6.07) is 4.23. The summed E-state index contributed by atoms with van der Waals surface area (Å²) in [5.74, 6) is 0. The Balaban J connectivity index is 3.68. The van der Waals surface area contributed by atoms with Gasteiger partial charge in [0.25, 0.3) is 0 Å². The van der Waals surface area contributed by atoms with E-state index in [-0.39, 0.29) is 16.3 Å². The maximum atomic E-state index is 13.2. The Morgan fingerprint density at radius 1 is 1.13 bits per heavy atom. The van der Waals surface area contributed by atoms with Crippen molar-refractivity contribution in [2.24, 2.45) is 0 Å². The van der Waals surface area contributed by atoms with Crippen molar-refractivity contribution in [3.63, 3.8) is 0 Å². The second-order valence-corrected chi connectivity index (χ2v) is 8.30. The molecule has 1 rings (SSSR count). The quantitative estimate of drug-likeness (QED) is 0.540. The van der Waals surface area contributed by atoms with Crippen molar-refractivity contribution in [3.8, 4) is 0 Å². The Bertz CT molecular complexity index is 655. The lowest BCUT2D eigenvalue weighted by atomic mass is 9.94. The van der Waals surface area contributed by atoms with Crippen LogP contribution in [-0.4, -0.2) is 47.2 Å². The fraction of sp³-hybridized carbons (Fsp3) is 0.600. The smallest absolute Gasteiger partial charge is 0.246 e. The fourth-order valence-electron chi connectivity index (χ4n) is 2.60. The van der Waals surface area contributed by atoms with Crippen LogP contribution in [0, 0.1) is 0 Å². The summed E-state index contributed by atoms with van der Waals surface area (Å²) < 4.78 is 27.6. The monoisotopic (exact) mass is 345 g/mol. The Hall–Kier alpha value is -1.35. The number of nitrogens with two attached hydrogens (primary N) is 2. The van der Waals surface area contributed by atoms with Crippen LogP contribution in [0.3, 0.4) is 0 Å². The number of sulfonamides is 1. The molecule has 0 aliphatic rings. The third-order valence-corrected chi connectivity index (χ3v) is 6.41. The van der Waals surface area contributed by atoms with Gasteiger partial charge in [-0.2, -0.15) is 4.31 Å². The van der Waals surface area contributed by atoms with E-state index in [9.17, 15) is 18.6 Å². The Morgan fingerprint density at radius 2 is 1.70 bits per heavy atom. The molecule has 0 aromatic heterocycles. The molecule has 23 heavy (non-hydrogen) atoms. The molecular weight excluding hydrogens is 318 g/mol. The first-order valence-corrected chi connectivity index (χ1v) is 8.82. The van der Waals surface area contributed by atoms with Gasteiger partial charge in [-0.05, 0) is 45.4 Å². The average molecular weight is 345 g/mol. The van der Waals surface area contributed by atoms with Crippen LogP contribution in [-0.2, 0) is 10.0 Å². The van der Waals surface area contributed by atoms with Crippen LogP contribution in [0.1, 0.15) is 34.1 Å². The zero-order valence-corrected chi connectivity index (χ0v) is 14.9. The molecule has 0 saturated heterocycles. The molecule has 8 heteroatoms. The van der Waals surface area contributed by atoms with E-state index in [1.54, 1.807) is 27.7 Å². The molecule has 1 unspecified atom stereocenters. The minimum Gasteiger partial charge on any atom is -0.399 e. The van der Waals surface area contributed by atoms with Gasteiger partial charge in [-0.25, -0.2) is 8.42 Å². The zero-order valence-electron chi connectivity index (χ0n) is 14.1. The predicted molar refractivity (Wildman–Crippen MR) is 91.2 cm³/mol. The fourth-order valence-corrected chi connectivity index (χ4v) is 4.93. The largest absolute Gasteiger partial charge is 0.399 e. The lowest BCUT2D eigenvalue weighted by Crippen LogP contribution is -2.62. The number of aliphatic hydroxyl groups is 2. The molecule has 0 fully saturated rings. The molecule has 0 amide bonds. The minimum atomic E-state index is -4.10. The number of rotatable bonds is 7. The van der Waals surface area contributed by atoms with E-state index in [1.807, 2.05) is 0 Å². The normalized spacial score (nSPS) is 15.6. The number of aliphatic hydroxyl groups excluding tert-OH is 2. The van der Waals surface area contributed by atoms with Gasteiger partial charge in [-0.15, -0.1) is 0 Å². The molecule has 0 radical (unpaired) electrons. The summed E-state index contributed by atoms with van der Waals surface area (Å²) in [5.41, 5.74) is 9.64. The van der Waals surface area contributed by atoms with Crippen LogP contribution < -0.4 is 11.5 Å². The third-order valence-electron chi connectivity index (χ3n) is 4.09. The van der Waals surface area contributed by atoms with Crippen molar-refractivity contribution >= 4 is 21.4 Å². The second-order valence-electron chi connectivity index (χ2n) is 6.55. The molecule has 1 aromatic rings. The molecule has 0 spiro atoms. The number of hydrogen-bond acceptors (Lipinski definition) is 6. The van der Waals surface area contributed by atoms with Crippen molar-refractivity contribution < 1.29 is 18.6 Å². The first kappa shape index (κ1) is 19.7. The standard InChI is InChI=1S/C15H27N3O4S/c1-5-15(4,10-20)18(14(2,3)9-19)23(21,22)13-8-11(16)6-7-12(13)17/h6-8,19-20H,5,9-10,16-17H2,1-4H3. The molecule has 0 aliphatic heterocycles. The van der Waals surface area contributed by atoms with Gasteiger partial charge >= 0.3 is 0 Å². The number of hydrogen-bond donors (Lipinski definition) is 4. The molecule has 0 saturated carbocycles. The Morgan fingerprint density at radius 3 is 2.13 bits per heavy atom. The summed E-state index contributed by atoms with van der Waals surface area (Å²) in [5, 5.41) is 19.5. The van der Waals surface area contributed by atoms with Crippen molar-refractivity contribution in [1.29, 1.82) is 0 Å². The van der Waals surface area contributed by atoms with E-state index in [1.165, 1.54) is 18.2 Å². The maximum Gasteiger partial charge on any atom is 0.246 e. The third kappa shape index (κ3) is 3.60. The van der Waals surface area contributed by atoms with E-state index in [0.29, 0.717) is 6.42 Å². The Labute approximate surface area is 138 Å². The molecule has 1 atom stereocenters. The van der Waals surface area contributed by atoms with Crippen LogP contribution in [0.2, 0.25) is 0 Å². The highest BCUT2D eigenvalue weighted by Crippen LogP contribution is 2.36. The van der Waals surface area contributed by atoms with E-state index >= 15 is 0 Å². The summed E-state index contributed by atoms with van der Waals surface area (Å²) in [6.07, 6.45) is 0.356. The maximum absolute atomic E-state index is 13.2. The molecule has 1 aromatic carbocycles. The van der Waals surface area contributed by atoms with E-state index in [2.05, 4.69) is 0 Å². The van der Waals surface area contributed by atoms with Crippen LogP contribution in [0.5, 0.6) is 0 Å². The SMILES string of the molecule is CCC(C)(CO)N(C(C)(C)CO)S(=O)(=O)c1cc(N)ccc1N. The van der Waals surface area contributed by atoms with Crippen LogP contribution in [0.4, 0.5) is 11.4 Å². The van der Waals surface area contributed by atoms with E-state index in [0.717, 1.165) is 4.31 Å². The topological polar surface area (TPSA) is 130 Å². The lowest BCUT2D eigenvalue weighted by Gasteiger charge is -2.47. The van der Waals surface area contributed by atoms with Crippen molar-refractivity contribution in [2.45, 2.75) is 50.1 Å². The number of nitrogens with zero attached hydrogens (tertiary/aromatic N) is 1. The molecule has 0 heterocycles. The van der Waals surface area contributed by atoms with Gasteiger partial charge in [0.2, 0.25) is 10.0 Å². The van der Waals surface area contributed by atoms with Crippen LogP contribution in [0.25, 0.3) is 0 Å². The highest BCUT2D eigenvalue weighted by Gasteiger charge is 2.48. The van der Waals surface area contributed by atoms with E-state index < -0.39 is 34.3 Å². The van der Waals surface area contributed by atoms with Gasteiger partial charge in [0.05, 0.1) is 30.0 Å². The van der Waals surface area contributed by atoms with Gasteiger partial charge in [0.1, 0.15) is 4.90 Å². The molecule has 0 aliphatic carbocycles. The predicted octanol–water partition coefficient (Wildman–Crippen LogP) is 0.774. The lowest BCUT2D eigenvalue weighted by molar-refractivity contribution is 0.0133. The molecule has 7 nitrogen and oxygen atoms in total. The number of benzene rings is 1.